The molecule has 0 fully saturated rings. The van der Waals surface area contributed by atoms with Crippen LogP contribution in [0, 0.1) is 0 Å². The Morgan fingerprint density at radius 3 is 2.88 bits per heavy atom. The number of hydrogen-bond acceptors (Lipinski definition) is 5. The molecule has 2 heterocycles. The van der Waals surface area contributed by atoms with Crippen LogP contribution in [0.5, 0.6) is 5.75 Å². The van der Waals surface area contributed by atoms with Gasteiger partial charge in [0.2, 0.25) is 0 Å². The number of fused-ring (bicyclic) bond motifs is 3. The highest BCUT2D eigenvalue weighted by atomic mass is 79.9. The van der Waals surface area contributed by atoms with Crippen LogP contribution in [-0.4, -0.2) is 38.2 Å². The van der Waals surface area contributed by atoms with Crippen LogP contribution in [0.25, 0.3) is 17.1 Å². The molecule has 0 aliphatic heterocycles. The predicted octanol–water partition coefficient (Wildman–Crippen LogP) is 2.90. The number of nitrogens with zero attached hydrogens (tertiary/aromatic N) is 4. The van der Waals surface area contributed by atoms with Crippen LogP contribution in [0.1, 0.15) is 21.6 Å². The summed E-state index contributed by atoms with van der Waals surface area (Å²) in [6.45, 7) is 0. The highest BCUT2D eigenvalue weighted by molar-refractivity contribution is 9.10. The molecule has 0 unspecified atom stereocenters. The Morgan fingerprint density at radius 2 is 2.20 bits per heavy atom. The molecule has 1 aliphatic carbocycles. The average Bonchev–Trinajstić information content (AvgIpc) is 3.02. The molecule has 25 heavy (non-hydrogen) atoms. The van der Waals surface area contributed by atoms with E-state index in [1.807, 2.05) is 12.1 Å². The second-order valence-electron chi connectivity index (χ2n) is 5.62. The molecule has 0 radical (unpaired) electrons. The van der Waals surface area contributed by atoms with Gasteiger partial charge in [0.15, 0.2) is 11.5 Å². The summed E-state index contributed by atoms with van der Waals surface area (Å²) in [5, 5.41) is 21.8. The topological polar surface area (TPSA) is 90.1 Å². The van der Waals surface area contributed by atoms with Crippen molar-refractivity contribution in [3.63, 3.8) is 0 Å². The third-order valence-corrected chi connectivity index (χ3v) is 4.86. The van der Waals surface area contributed by atoms with Crippen molar-refractivity contribution >= 4 is 21.9 Å². The molecule has 0 saturated carbocycles. The van der Waals surface area contributed by atoms with Gasteiger partial charge in [0, 0.05) is 17.3 Å². The summed E-state index contributed by atoms with van der Waals surface area (Å²) in [6, 6.07) is 7.40. The van der Waals surface area contributed by atoms with Gasteiger partial charge < -0.3 is 9.84 Å². The molecule has 0 atom stereocenters. The Hall–Kier alpha value is -2.74. The molecule has 4 rings (SSSR count). The zero-order valence-corrected chi connectivity index (χ0v) is 14.8. The smallest absolute Gasteiger partial charge is 0.356 e. The summed E-state index contributed by atoms with van der Waals surface area (Å²) in [6.07, 6.45) is 2.88. The first-order valence-corrected chi connectivity index (χ1v) is 8.39. The van der Waals surface area contributed by atoms with E-state index in [0.717, 1.165) is 33.5 Å². The minimum atomic E-state index is -1.05. The summed E-state index contributed by atoms with van der Waals surface area (Å²) in [4.78, 5) is 11.7. The van der Waals surface area contributed by atoms with E-state index in [0.29, 0.717) is 17.8 Å². The van der Waals surface area contributed by atoms with Crippen LogP contribution in [0.3, 0.4) is 0 Å². The second-order valence-corrected chi connectivity index (χ2v) is 6.47. The van der Waals surface area contributed by atoms with Crippen molar-refractivity contribution < 1.29 is 14.6 Å². The standard InChI is InChI=1S/C17H13BrN4O3/c1-25-13-7-9-4-5-10-15(17(23)24)21-22(14-3-2-6-19-20-14)16(10)11(9)8-12(13)18/h2-3,6-8H,4-5H2,1H3,(H,23,24). The molecule has 126 valence electrons. The van der Waals surface area contributed by atoms with Gasteiger partial charge >= 0.3 is 5.97 Å². The van der Waals surface area contributed by atoms with E-state index in [4.69, 9.17) is 4.74 Å². The highest BCUT2D eigenvalue weighted by Crippen LogP contribution is 2.41. The molecule has 0 spiro atoms. The van der Waals surface area contributed by atoms with Crippen molar-refractivity contribution in [3.05, 3.63) is 51.8 Å². The Bertz CT molecular complexity index is 985. The third-order valence-electron chi connectivity index (χ3n) is 4.24. The van der Waals surface area contributed by atoms with E-state index in [9.17, 15) is 9.90 Å². The van der Waals surface area contributed by atoms with Gasteiger partial charge in [-0.3, -0.25) is 0 Å². The largest absolute Gasteiger partial charge is 0.496 e. The molecule has 0 amide bonds. The van der Waals surface area contributed by atoms with Crippen LogP contribution >= 0.6 is 15.9 Å². The number of benzene rings is 1. The van der Waals surface area contributed by atoms with Gasteiger partial charge in [0.1, 0.15) is 5.75 Å². The lowest BCUT2D eigenvalue weighted by Crippen LogP contribution is -2.09. The van der Waals surface area contributed by atoms with Crippen LogP contribution < -0.4 is 4.74 Å². The fourth-order valence-corrected chi connectivity index (χ4v) is 3.65. The van der Waals surface area contributed by atoms with Crippen molar-refractivity contribution in [1.82, 2.24) is 20.0 Å². The average molecular weight is 401 g/mol. The minimum Gasteiger partial charge on any atom is -0.496 e. The van der Waals surface area contributed by atoms with Crippen LogP contribution in [-0.2, 0) is 12.8 Å². The van der Waals surface area contributed by atoms with Gasteiger partial charge in [-0.05, 0) is 58.6 Å². The summed E-state index contributed by atoms with van der Waals surface area (Å²) >= 11 is 3.51. The number of ether oxygens (including phenoxy) is 1. The zero-order valence-electron chi connectivity index (χ0n) is 13.2. The van der Waals surface area contributed by atoms with Crippen molar-refractivity contribution in [2.45, 2.75) is 12.8 Å². The van der Waals surface area contributed by atoms with E-state index in [2.05, 4.69) is 31.2 Å². The number of carbonyl (C=O) groups is 1. The van der Waals surface area contributed by atoms with Gasteiger partial charge in [-0.15, -0.1) is 5.10 Å². The van der Waals surface area contributed by atoms with Crippen molar-refractivity contribution in [2.24, 2.45) is 0 Å². The molecule has 0 saturated heterocycles. The second kappa shape index (κ2) is 5.96. The number of carboxylic acids is 1. The van der Waals surface area contributed by atoms with Gasteiger partial charge in [0.05, 0.1) is 17.3 Å². The van der Waals surface area contributed by atoms with Gasteiger partial charge in [-0.1, -0.05) is 0 Å². The minimum absolute atomic E-state index is 0.0539. The zero-order chi connectivity index (χ0) is 17.6. The summed E-state index contributed by atoms with van der Waals surface area (Å²) in [5.74, 6) is 0.173. The quantitative estimate of drug-likeness (QED) is 0.726. The number of carboxylic acid groups (broad SMARTS) is 1. The number of methoxy groups -OCH3 is 1. The molecular weight excluding hydrogens is 388 g/mol. The van der Waals surface area contributed by atoms with E-state index >= 15 is 0 Å². The summed E-state index contributed by atoms with van der Waals surface area (Å²) in [5.41, 5.74) is 3.50. The Balaban J connectivity index is 2.02. The normalized spacial score (nSPS) is 12.4. The lowest BCUT2D eigenvalue weighted by atomic mass is 9.88. The number of aromatic nitrogens is 4. The maximum absolute atomic E-state index is 11.7. The molecule has 2 aromatic heterocycles. The molecule has 0 bridgehead atoms. The number of aryl methyl sites for hydroxylation is 1. The first-order valence-electron chi connectivity index (χ1n) is 7.60. The molecular formula is C17H13BrN4O3. The fraction of sp³-hybridized carbons (Fsp3) is 0.176. The molecule has 1 aliphatic rings. The van der Waals surface area contributed by atoms with Crippen LogP contribution in [0.15, 0.2) is 34.9 Å². The molecule has 3 aromatic rings. The number of halogens is 1. The summed E-state index contributed by atoms with van der Waals surface area (Å²) < 4.78 is 7.73. The van der Waals surface area contributed by atoms with E-state index in [-0.39, 0.29) is 5.69 Å². The lowest BCUT2D eigenvalue weighted by molar-refractivity contribution is 0.0688. The Labute approximate surface area is 151 Å². The Kier molecular flexibility index (Phi) is 3.76. The number of hydrogen-bond donors (Lipinski definition) is 1. The van der Waals surface area contributed by atoms with Crippen LogP contribution in [0.4, 0.5) is 0 Å². The number of aromatic carboxylic acids is 1. The highest BCUT2D eigenvalue weighted by Gasteiger charge is 2.30. The SMILES string of the molecule is COc1cc2c(cc1Br)-c1c(c(C(=O)O)nn1-c1cccnn1)CC2. The number of rotatable bonds is 3. The summed E-state index contributed by atoms with van der Waals surface area (Å²) in [7, 11) is 1.62. The third kappa shape index (κ3) is 2.49. The van der Waals surface area contributed by atoms with Gasteiger partial charge in [-0.25, -0.2) is 9.48 Å². The van der Waals surface area contributed by atoms with E-state index in [1.54, 1.807) is 30.1 Å². The maximum atomic E-state index is 11.7. The Morgan fingerprint density at radius 1 is 1.36 bits per heavy atom. The van der Waals surface area contributed by atoms with E-state index in [1.165, 1.54) is 0 Å². The maximum Gasteiger partial charge on any atom is 0.356 e. The molecule has 7 nitrogen and oxygen atoms in total. The van der Waals surface area contributed by atoms with Crippen molar-refractivity contribution in [3.8, 4) is 22.8 Å². The first kappa shape index (κ1) is 15.8. The predicted molar refractivity (Wildman–Crippen MR) is 93.2 cm³/mol. The van der Waals surface area contributed by atoms with Crippen molar-refractivity contribution in [1.29, 1.82) is 0 Å². The van der Waals surface area contributed by atoms with Crippen molar-refractivity contribution in [2.75, 3.05) is 7.11 Å². The van der Waals surface area contributed by atoms with E-state index < -0.39 is 5.97 Å². The van der Waals surface area contributed by atoms with Crippen LogP contribution in [0.2, 0.25) is 0 Å². The molecule has 1 N–H and O–H groups in total. The monoisotopic (exact) mass is 400 g/mol. The van der Waals surface area contributed by atoms with Gasteiger partial charge in [-0.2, -0.15) is 10.2 Å². The van der Waals surface area contributed by atoms with Gasteiger partial charge in [0.25, 0.3) is 0 Å². The molecule has 1 aromatic carbocycles. The lowest BCUT2D eigenvalue weighted by Gasteiger charge is -2.20. The molecule has 8 heteroatoms. The fourth-order valence-electron chi connectivity index (χ4n) is 3.15. The first-order chi connectivity index (χ1) is 12.1.